The molecule has 1 heterocycles. The number of esters is 1. The summed E-state index contributed by atoms with van der Waals surface area (Å²) in [6.45, 7) is 1.35. The molecule has 0 amide bonds. The van der Waals surface area contributed by atoms with Gasteiger partial charge in [0.05, 0.1) is 6.10 Å². The summed E-state index contributed by atoms with van der Waals surface area (Å²) in [5, 5.41) is 9.26. The number of hydrogen-bond donors (Lipinski definition) is 1. The molecule has 0 bridgehead atoms. The minimum absolute atomic E-state index is 0.149. The number of carbonyl (C=O) groups excluding carboxylic acids is 1. The summed E-state index contributed by atoms with van der Waals surface area (Å²) < 4.78 is 9.99. The van der Waals surface area contributed by atoms with Gasteiger partial charge in [0.15, 0.2) is 0 Å². The second-order valence-corrected chi connectivity index (χ2v) is 3.02. The summed E-state index contributed by atoms with van der Waals surface area (Å²) >= 11 is 0. The topological polar surface area (TPSA) is 59.1 Å². The van der Waals surface area contributed by atoms with Gasteiger partial charge in [0.1, 0.15) is 18.0 Å². The maximum Gasteiger partial charge on any atom is 0.307 e. The van der Waals surface area contributed by atoms with Crippen molar-refractivity contribution in [3.8, 4) is 0 Å². The van der Waals surface area contributed by atoms with Crippen molar-refractivity contribution < 1.29 is 19.4 Å². The fourth-order valence-corrected chi connectivity index (χ4v) is 1.40. The van der Waals surface area contributed by atoms with Crippen LogP contribution in [0.15, 0.2) is 11.8 Å². The molecule has 4 nitrogen and oxygen atoms in total. The molecule has 12 heavy (non-hydrogen) atoms. The Bertz CT molecular complexity index is 245. The van der Waals surface area contributed by atoms with Crippen molar-refractivity contribution in [2.75, 3.05) is 0 Å². The molecule has 0 unspecified atom stereocenters. The lowest BCUT2D eigenvalue weighted by Gasteiger charge is -2.11. The molecule has 1 aliphatic carbocycles. The zero-order valence-electron chi connectivity index (χ0n) is 6.69. The molecule has 1 N–H and O–H groups in total. The highest BCUT2D eigenvalue weighted by atomic mass is 16.6. The number of ether oxygens (including phenoxy) is 2. The molecule has 0 aromatic carbocycles. The molecular formula is C8H10O4. The quantitative estimate of drug-likeness (QED) is 0.443. The van der Waals surface area contributed by atoms with Gasteiger partial charge < -0.3 is 14.6 Å². The first kappa shape index (κ1) is 7.76. The highest BCUT2D eigenvalue weighted by Crippen LogP contribution is 2.37. The monoisotopic (exact) mass is 170 g/mol. The molecule has 1 fully saturated rings. The van der Waals surface area contributed by atoms with Crippen LogP contribution in [0.1, 0.15) is 13.3 Å². The molecule has 66 valence electrons. The van der Waals surface area contributed by atoms with Crippen LogP contribution in [0.5, 0.6) is 0 Å². The highest BCUT2D eigenvalue weighted by molar-refractivity contribution is 5.67. The van der Waals surface area contributed by atoms with E-state index in [-0.39, 0.29) is 18.2 Å². The normalized spacial score (nSPS) is 38.2. The Hall–Kier alpha value is -0.870. The van der Waals surface area contributed by atoms with Crippen molar-refractivity contribution in [3.63, 3.8) is 0 Å². The molecule has 0 aromatic heterocycles. The molecule has 4 heteroatoms. The lowest BCUT2D eigenvalue weighted by molar-refractivity contribution is -0.137. The van der Waals surface area contributed by atoms with E-state index in [0.717, 1.165) is 0 Å². The van der Waals surface area contributed by atoms with Gasteiger partial charge in [0.25, 0.3) is 0 Å². The summed E-state index contributed by atoms with van der Waals surface area (Å²) in [6, 6.07) is 0. The van der Waals surface area contributed by atoms with E-state index in [9.17, 15) is 9.90 Å². The van der Waals surface area contributed by atoms with Crippen LogP contribution in [0, 0.1) is 0 Å². The van der Waals surface area contributed by atoms with E-state index in [1.165, 1.54) is 6.92 Å². The molecule has 1 saturated heterocycles. The lowest BCUT2D eigenvalue weighted by Crippen LogP contribution is -2.22. The average molecular weight is 170 g/mol. The van der Waals surface area contributed by atoms with Crippen LogP contribution >= 0.6 is 0 Å². The van der Waals surface area contributed by atoms with Crippen molar-refractivity contribution in [1.82, 2.24) is 0 Å². The number of rotatable bonds is 1. The largest absolute Gasteiger partial charge is 0.429 e. The Morgan fingerprint density at radius 2 is 2.58 bits per heavy atom. The molecule has 3 atom stereocenters. The SMILES string of the molecule is CC(=O)OC1=CC[C@@H](O)[C@@H]2O[C@H]12. The van der Waals surface area contributed by atoms with Gasteiger partial charge in [-0.1, -0.05) is 0 Å². The van der Waals surface area contributed by atoms with Crippen molar-refractivity contribution in [1.29, 1.82) is 0 Å². The van der Waals surface area contributed by atoms with Crippen LogP contribution in [0.3, 0.4) is 0 Å². The molecule has 2 rings (SSSR count). The van der Waals surface area contributed by atoms with Crippen molar-refractivity contribution in [3.05, 3.63) is 11.8 Å². The van der Waals surface area contributed by atoms with Crippen molar-refractivity contribution >= 4 is 5.97 Å². The zero-order valence-corrected chi connectivity index (χ0v) is 6.69. The third kappa shape index (κ3) is 1.23. The van der Waals surface area contributed by atoms with Crippen LogP contribution in [-0.4, -0.2) is 29.4 Å². The fourth-order valence-electron chi connectivity index (χ4n) is 1.40. The van der Waals surface area contributed by atoms with Gasteiger partial charge in [-0.05, 0) is 12.5 Å². The van der Waals surface area contributed by atoms with E-state index in [2.05, 4.69) is 0 Å². The minimum Gasteiger partial charge on any atom is -0.429 e. The molecule has 0 spiro atoms. The first-order valence-electron chi connectivity index (χ1n) is 3.90. The van der Waals surface area contributed by atoms with Gasteiger partial charge in [-0.25, -0.2) is 0 Å². The number of carbonyl (C=O) groups is 1. The van der Waals surface area contributed by atoms with Crippen LogP contribution < -0.4 is 0 Å². The molecule has 0 radical (unpaired) electrons. The maximum atomic E-state index is 10.6. The van der Waals surface area contributed by atoms with Gasteiger partial charge in [0, 0.05) is 6.92 Å². The third-order valence-electron chi connectivity index (χ3n) is 2.01. The van der Waals surface area contributed by atoms with Crippen LogP contribution in [0.25, 0.3) is 0 Å². The Balaban J connectivity index is 2.03. The summed E-state index contributed by atoms with van der Waals surface area (Å²) in [4.78, 5) is 10.6. The highest BCUT2D eigenvalue weighted by Gasteiger charge is 2.50. The van der Waals surface area contributed by atoms with Gasteiger partial charge in [-0.2, -0.15) is 0 Å². The van der Waals surface area contributed by atoms with E-state index in [1.54, 1.807) is 6.08 Å². The van der Waals surface area contributed by atoms with Gasteiger partial charge in [-0.15, -0.1) is 0 Å². The first-order chi connectivity index (χ1) is 5.68. The third-order valence-corrected chi connectivity index (χ3v) is 2.01. The molecule has 2 aliphatic rings. The lowest BCUT2D eigenvalue weighted by atomic mass is 10.0. The summed E-state index contributed by atoms with van der Waals surface area (Å²) in [6.07, 6.45) is 1.45. The Kier molecular flexibility index (Phi) is 1.66. The van der Waals surface area contributed by atoms with Crippen molar-refractivity contribution in [2.45, 2.75) is 31.7 Å². The summed E-state index contributed by atoms with van der Waals surface area (Å²) in [5.74, 6) is 0.213. The molecule has 0 saturated carbocycles. The average Bonchev–Trinajstić information content (AvgIpc) is 2.73. The van der Waals surface area contributed by atoms with E-state index in [4.69, 9.17) is 9.47 Å². The van der Waals surface area contributed by atoms with Crippen LogP contribution in [0.2, 0.25) is 0 Å². The maximum absolute atomic E-state index is 10.6. The van der Waals surface area contributed by atoms with Gasteiger partial charge in [0.2, 0.25) is 0 Å². The second kappa shape index (κ2) is 2.57. The van der Waals surface area contributed by atoms with E-state index in [0.29, 0.717) is 12.2 Å². The zero-order chi connectivity index (χ0) is 8.72. The minimum atomic E-state index is -0.436. The molecule has 1 aliphatic heterocycles. The number of hydrogen-bond acceptors (Lipinski definition) is 4. The van der Waals surface area contributed by atoms with Crippen LogP contribution in [-0.2, 0) is 14.3 Å². The number of epoxide rings is 1. The number of fused-ring (bicyclic) bond motifs is 1. The predicted molar refractivity (Wildman–Crippen MR) is 39.1 cm³/mol. The van der Waals surface area contributed by atoms with Crippen molar-refractivity contribution in [2.24, 2.45) is 0 Å². The Morgan fingerprint density at radius 1 is 1.83 bits per heavy atom. The Morgan fingerprint density at radius 3 is 3.25 bits per heavy atom. The molecular weight excluding hydrogens is 160 g/mol. The number of aliphatic hydroxyl groups excluding tert-OH is 1. The second-order valence-electron chi connectivity index (χ2n) is 3.02. The summed E-state index contributed by atoms with van der Waals surface area (Å²) in [5.41, 5.74) is 0. The van der Waals surface area contributed by atoms with Crippen LogP contribution in [0.4, 0.5) is 0 Å². The fraction of sp³-hybridized carbons (Fsp3) is 0.625. The Labute approximate surface area is 69.8 Å². The predicted octanol–water partition coefficient (Wildman–Crippen LogP) is -0.0346. The summed E-state index contributed by atoms with van der Waals surface area (Å²) in [7, 11) is 0. The number of aliphatic hydroxyl groups is 1. The smallest absolute Gasteiger partial charge is 0.307 e. The van der Waals surface area contributed by atoms with E-state index < -0.39 is 6.10 Å². The van der Waals surface area contributed by atoms with E-state index >= 15 is 0 Å². The first-order valence-corrected chi connectivity index (χ1v) is 3.90. The van der Waals surface area contributed by atoms with E-state index in [1.807, 2.05) is 0 Å². The molecule has 0 aromatic rings. The van der Waals surface area contributed by atoms with Gasteiger partial charge in [-0.3, -0.25) is 4.79 Å². The standard InChI is InChI=1S/C8H10O4/c1-4(9)11-6-3-2-5(10)7-8(6)12-7/h3,5,7-8,10H,2H2,1H3/t5-,7+,8-/m1/s1. The van der Waals surface area contributed by atoms with Gasteiger partial charge >= 0.3 is 5.97 Å².